The molecule has 4 N–H and O–H groups in total. The van der Waals surface area contributed by atoms with Gasteiger partial charge in [-0.2, -0.15) is 4.39 Å². The van der Waals surface area contributed by atoms with Crippen molar-refractivity contribution < 1.29 is 23.8 Å². The number of halogens is 6. The van der Waals surface area contributed by atoms with Gasteiger partial charge < -0.3 is 30.2 Å². The molecule has 0 aliphatic heterocycles. The zero-order chi connectivity index (χ0) is 51.9. The van der Waals surface area contributed by atoms with Crippen LogP contribution in [-0.2, 0) is 14.1 Å². The molecule has 7 aromatic carbocycles. The summed E-state index contributed by atoms with van der Waals surface area (Å²) < 4.78 is 26.2. The highest BCUT2D eigenvalue weighted by molar-refractivity contribution is 9.11. The second-order valence-electron chi connectivity index (χ2n) is 14.7. The zero-order valence-corrected chi connectivity index (χ0v) is 46.3. The standard InChI is InChI=1S/C22H16Br2N4.C8H8O2.C7H7BrN2O2.C7H9BrN2.C6H3BrFNO2/c1-27-19-11-15(23)7-9-17(19)25-21(27)13-3-5-14(6-4-13)22-26-18-10-8-16(24)12-20(18)28(22)2;1-10-8-4-2-7(6-9)3-5-8;1-9-6-4-5(8)2-3-7(6)10(11)12;1-10-7-4-5(8)2-3-6(7)9;7-4-1-2-6(9(10)11)5(8)3-4/h3-12H,1-2H3;2-6H,1H3;2-4,9H,1H3;2-4,10H,9H2,1H3;1-3H. The molecule has 0 aliphatic carbocycles. The quantitative estimate of drug-likeness (QED) is 0.0566. The fourth-order valence-corrected chi connectivity index (χ4v) is 8.29. The summed E-state index contributed by atoms with van der Waals surface area (Å²) >= 11 is 16.6. The number of nitrogens with one attached hydrogen (secondary N) is 2. The highest BCUT2D eigenvalue weighted by Crippen LogP contribution is 2.31. The molecule has 0 saturated heterocycles. The number of hydrogen-bond donors (Lipinski definition) is 3. The Kier molecular flexibility index (Phi) is 20.4. The number of nitro benzene ring substituents is 2. The van der Waals surface area contributed by atoms with Gasteiger partial charge in [0.25, 0.3) is 5.69 Å². The van der Waals surface area contributed by atoms with Gasteiger partial charge in [-0.1, -0.05) is 104 Å². The largest absolute Gasteiger partial charge is 0.497 e. The summed E-state index contributed by atoms with van der Waals surface area (Å²) in [4.78, 5) is 39.1. The van der Waals surface area contributed by atoms with Crippen LogP contribution in [0.4, 0.5) is 32.8 Å². The minimum atomic E-state index is -0.829. The lowest BCUT2D eigenvalue weighted by atomic mass is 10.1. The molecular weight excluding hydrogens is 1240 g/mol. The van der Waals surface area contributed by atoms with Gasteiger partial charge >= 0.3 is 5.69 Å². The number of nitrogens with two attached hydrogens (primary N) is 1. The number of nitro groups is 2. The van der Waals surface area contributed by atoms with Gasteiger partial charge in [0.15, 0.2) is 0 Å². The molecule has 0 fully saturated rings. The van der Waals surface area contributed by atoms with Gasteiger partial charge in [0.1, 0.15) is 29.4 Å². The normalized spacial score (nSPS) is 10.2. The van der Waals surface area contributed by atoms with Gasteiger partial charge in [0.05, 0.1) is 50.4 Å². The molecule has 21 heteroatoms. The number of aromatic nitrogens is 4. The highest BCUT2D eigenvalue weighted by Gasteiger charge is 2.15. The SMILES string of the molecule is CNc1cc(Br)ccc1N.CNc1cc(Br)ccc1[N+](=O)[O-].COc1ccc(C=O)cc1.Cn1c(-c2ccc(-c3nc4ccc(Br)cc4n3C)cc2)nc2ccc(Br)cc21.O=[N+]([O-])c1ccc(Br)cc1F. The van der Waals surface area contributed by atoms with Gasteiger partial charge in [-0.05, 0) is 103 Å². The first-order chi connectivity index (χ1) is 33.9. The van der Waals surface area contributed by atoms with Crippen LogP contribution in [-0.4, -0.2) is 56.4 Å². The maximum atomic E-state index is 12.6. The summed E-state index contributed by atoms with van der Waals surface area (Å²) in [6.45, 7) is 0. The maximum absolute atomic E-state index is 12.6. The van der Waals surface area contributed by atoms with E-state index in [9.17, 15) is 29.4 Å². The Balaban J connectivity index is 0.000000182. The van der Waals surface area contributed by atoms with Crippen LogP contribution < -0.4 is 21.1 Å². The van der Waals surface area contributed by atoms with E-state index in [2.05, 4.69) is 136 Å². The second-order valence-corrected chi connectivity index (χ2v) is 19.3. The number of carbonyl (C=O) groups is 1. The van der Waals surface area contributed by atoms with Crippen LogP contribution in [0.25, 0.3) is 44.8 Å². The summed E-state index contributed by atoms with van der Waals surface area (Å²) in [5, 5.41) is 26.3. The summed E-state index contributed by atoms with van der Waals surface area (Å²) in [6.07, 6.45) is 0.805. The van der Waals surface area contributed by atoms with E-state index >= 15 is 0 Å². The average molecular weight is 1280 g/mol. The first-order valence-corrected chi connectivity index (χ1v) is 24.7. The van der Waals surface area contributed by atoms with E-state index in [4.69, 9.17) is 20.4 Å². The second kappa shape index (κ2) is 26.1. The zero-order valence-electron chi connectivity index (χ0n) is 38.3. The lowest BCUT2D eigenvalue weighted by molar-refractivity contribution is -0.387. The van der Waals surface area contributed by atoms with Gasteiger partial charge in [-0.15, -0.1) is 0 Å². The molecule has 0 radical (unpaired) electrons. The van der Waals surface area contributed by atoms with Crippen molar-refractivity contribution in [3.63, 3.8) is 0 Å². The number of fused-ring (bicyclic) bond motifs is 2. The van der Waals surface area contributed by atoms with Crippen LogP contribution in [0.1, 0.15) is 10.4 Å². The number of imidazole rings is 2. The third-order valence-electron chi connectivity index (χ3n) is 10.2. The molecule has 9 aromatic rings. The molecule has 2 heterocycles. The number of anilines is 3. The first-order valence-electron chi connectivity index (χ1n) is 20.8. The number of aryl methyl sites for hydroxylation is 2. The molecule has 0 amide bonds. The van der Waals surface area contributed by atoms with Crippen molar-refractivity contribution in [2.24, 2.45) is 14.1 Å². The predicted molar refractivity (Wildman–Crippen MR) is 299 cm³/mol. The van der Waals surface area contributed by atoms with Crippen molar-refractivity contribution in [2.45, 2.75) is 0 Å². The fourth-order valence-electron chi connectivity index (χ4n) is 6.54. The third-order valence-corrected chi connectivity index (χ3v) is 12.6. The molecule has 15 nitrogen and oxygen atoms in total. The molecule has 0 spiro atoms. The number of hydrogen-bond acceptors (Lipinski definition) is 11. The van der Waals surface area contributed by atoms with Gasteiger partial charge in [0.2, 0.25) is 5.82 Å². The van der Waals surface area contributed by atoms with E-state index in [0.717, 1.165) is 98.3 Å². The number of carbonyl (C=O) groups excluding carboxylic acids is 1. The molecule has 0 unspecified atom stereocenters. The van der Waals surface area contributed by atoms with Crippen molar-refractivity contribution in [1.29, 1.82) is 0 Å². The summed E-state index contributed by atoms with van der Waals surface area (Å²) in [5.41, 5.74) is 14.5. The Bertz CT molecular complexity index is 3210. The summed E-state index contributed by atoms with van der Waals surface area (Å²) in [6, 6.07) is 41.7. The topological polar surface area (TPSA) is 198 Å². The molecule has 0 saturated carbocycles. The highest BCUT2D eigenvalue weighted by atomic mass is 79.9. The Morgan fingerprint density at radius 1 is 0.592 bits per heavy atom. The van der Waals surface area contributed by atoms with Gasteiger partial charge in [0, 0.05) is 79.4 Å². The van der Waals surface area contributed by atoms with Crippen LogP contribution in [0.5, 0.6) is 5.75 Å². The van der Waals surface area contributed by atoms with Crippen LogP contribution >= 0.6 is 79.6 Å². The number of benzene rings is 7. The van der Waals surface area contributed by atoms with Crippen molar-refractivity contribution in [1.82, 2.24) is 19.1 Å². The molecule has 2 aromatic heterocycles. The monoisotopic (exact) mass is 1280 g/mol. The molecule has 366 valence electrons. The van der Waals surface area contributed by atoms with E-state index in [0.29, 0.717) is 15.7 Å². The number of ether oxygens (including phenoxy) is 1. The Morgan fingerprint density at radius 2 is 1.00 bits per heavy atom. The molecule has 0 aliphatic rings. The van der Waals surface area contributed by atoms with Crippen LogP contribution in [0.2, 0.25) is 0 Å². The van der Waals surface area contributed by atoms with Crippen molar-refractivity contribution >= 4 is 136 Å². The van der Waals surface area contributed by atoms with Crippen molar-refractivity contribution in [3.8, 4) is 28.5 Å². The molecule has 9 rings (SSSR count). The maximum Gasteiger partial charge on any atom is 0.304 e. The van der Waals surface area contributed by atoms with Gasteiger partial charge in [-0.25, -0.2) is 9.97 Å². The van der Waals surface area contributed by atoms with Crippen molar-refractivity contribution in [3.05, 3.63) is 193 Å². The molecule has 0 atom stereocenters. The molecule has 71 heavy (non-hydrogen) atoms. The predicted octanol–water partition coefficient (Wildman–Crippen LogP) is 14.8. The Labute approximate surface area is 449 Å². The van der Waals surface area contributed by atoms with Crippen molar-refractivity contribution in [2.75, 3.05) is 37.6 Å². The summed E-state index contributed by atoms with van der Waals surface area (Å²) in [7, 11) is 9.19. The number of aldehydes is 1. The van der Waals surface area contributed by atoms with E-state index in [1.54, 1.807) is 50.6 Å². The Hall–Kier alpha value is -6.52. The summed E-state index contributed by atoms with van der Waals surface area (Å²) in [5.74, 6) is 1.84. The van der Waals surface area contributed by atoms with Crippen LogP contribution in [0.15, 0.2) is 162 Å². The number of nitrogen functional groups attached to an aromatic ring is 1. The molecular formula is C50H43Br5FN9O6. The number of methoxy groups -OCH3 is 1. The van der Waals surface area contributed by atoms with E-state index in [1.165, 1.54) is 12.1 Å². The lowest BCUT2D eigenvalue weighted by Gasteiger charge is -2.06. The van der Waals surface area contributed by atoms with E-state index < -0.39 is 21.4 Å². The first kappa shape index (κ1) is 55.4. The fraction of sp³-hybridized carbons (Fsp3) is 0.100. The smallest absolute Gasteiger partial charge is 0.304 e. The van der Waals surface area contributed by atoms with Crippen LogP contribution in [0, 0.1) is 26.0 Å². The average Bonchev–Trinajstić information content (AvgIpc) is 3.87. The molecule has 0 bridgehead atoms. The lowest BCUT2D eigenvalue weighted by Crippen LogP contribution is -1.95. The minimum absolute atomic E-state index is 0.0840. The van der Waals surface area contributed by atoms with Gasteiger partial charge in [-0.3, -0.25) is 25.0 Å². The van der Waals surface area contributed by atoms with E-state index in [-0.39, 0.29) is 5.69 Å². The third kappa shape index (κ3) is 15.0. The van der Waals surface area contributed by atoms with Crippen LogP contribution in [0.3, 0.4) is 0 Å². The Morgan fingerprint density at radius 3 is 1.41 bits per heavy atom. The number of nitrogens with zero attached hydrogens (tertiary/aromatic N) is 6. The van der Waals surface area contributed by atoms with E-state index in [1.807, 2.05) is 63.6 Å². The minimum Gasteiger partial charge on any atom is -0.497 e. The number of rotatable bonds is 8.